The van der Waals surface area contributed by atoms with E-state index in [-0.39, 0.29) is 0 Å². The van der Waals surface area contributed by atoms with Crippen LogP contribution >= 0.6 is 11.3 Å². The Bertz CT molecular complexity index is 537. The third-order valence-corrected chi connectivity index (χ3v) is 3.00. The molecule has 2 N–H and O–H groups in total. The molecule has 2 heterocycles. The standard InChI is InChI=1S/C10H8N4S/c1-2-4-9-8(3-1)14-10(15-9)13-7-5-11-12-6-7/h1-6H,(H,11,12)(H,13,14). The smallest absolute Gasteiger partial charge is 0.188 e. The zero-order valence-electron chi connectivity index (χ0n) is 7.77. The fourth-order valence-electron chi connectivity index (χ4n) is 1.37. The van der Waals surface area contributed by atoms with Gasteiger partial charge in [-0.15, -0.1) is 0 Å². The number of thiazole rings is 1. The molecule has 0 aliphatic rings. The second kappa shape index (κ2) is 3.36. The van der Waals surface area contributed by atoms with Gasteiger partial charge in [0.2, 0.25) is 0 Å². The summed E-state index contributed by atoms with van der Waals surface area (Å²) in [4.78, 5) is 4.45. The Labute approximate surface area is 90.0 Å². The van der Waals surface area contributed by atoms with Crippen molar-refractivity contribution in [2.45, 2.75) is 0 Å². The van der Waals surface area contributed by atoms with Crippen LogP contribution in [0.3, 0.4) is 0 Å². The SMILES string of the molecule is c1ccc2sc(Nc3cn[nH]c3)nc2c1. The van der Waals surface area contributed by atoms with Gasteiger partial charge in [-0.25, -0.2) is 4.98 Å². The zero-order valence-corrected chi connectivity index (χ0v) is 8.58. The van der Waals surface area contributed by atoms with Gasteiger partial charge >= 0.3 is 0 Å². The molecule has 0 unspecified atom stereocenters. The number of hydrogen-bond donors (Lipinski definition) is 2. The Morgan fingerprint density at radius 1 is 1.27 bits per heavy atom. The van der Waals surface area contributed by atoms with E-state index in [4.69, 9.17) is 0 Å². The summed E-state index contributed by atoms with van der Waals surface area (Å²) >= 11 is 1.63. The topological polar surface area (TPSA) is 53.6 Å². The van der Waals surface area contributed by atoms with E-state index in [1.54, 1.807) is 23.7 Å². The number of para-hydroxylation sites is 1. The minimum Gasteiger partial charge on any atom is -0.329 e. The number of rotatable bonds is 2. The average Bonchev–Trinajstić information content (AvgIpc) is 2.86. The minimum atomic E-state index is 0.887. The summed E-state index contributed by atoms with van der Waals surface area (Å²) in [6.07, 6.45) is 3.53. The summed E-state index contributed by atoms with van der Waals surface area (Å²) in [5.74, 6) is 0. The van der Waals surface area contributed by atoms with Crippen molar-refractivity contribution in [3.63, 3.8) is 0 Å². The summed E-state index contributed by atoms with van der Waals surface area (Å²) in [6.45, 7) is 0. The molecule has 15 heavy (non-hydrogen) atoms. The highest BCUT2D eigenvalue weighted by molar-refractivity contribution is 7.22. The van der Waals surface area contributed by atoms with Crippen LogP contribution in [0.2, 0.25) is 0 Å². The predicted molar refractivity (Wildman–Crippen MR) is 61.5 cm³/mol. The van der Waals surface area contributed by atoms with Gasteiger partial charge in [-0.2, -0.15) is 5.10 Å². The first kappa shape index (κ1) is 8.43. The monoisotopic (exact) mass is 216 g/mol. The lowest BCUT2D eigenvalue weighted by atomic mass is 10.3. The van der Waals surface area contributed by atoms with E-state index in [1.165, 1.54) is 4.70 Å². The Kier molecular flexibility index (Phi) is 1.89. The van der Waals surface area contributed by atoms with Crippen LogP contribution in [0.5, 0.6) is 0 Å². The summed E-state index contributed by atoms with van der Waals surface area (Å²) in [5, 5.41) is 10.7. The molecule has 0 aliphatic heterocycles. The number of nitrogens with one attached hydrogen (secondary N) is 2. The van der Waals surface area contributed by atoms with Gasteiger partial charge < -0.3 is 5.32 Å². The van der Waals surface area contributed by atoms with Crippen LogP contribution < -0.4 is 5.32 Å². The molecule has 2 aromatic heterocycles. The third-order valence-electron chi connectivity index (χ3n) is 2.04. The Morgan fingerprint density at radius 2 is 2.20 bits per heavy atom. The second-order valence-corrected chi connectivity index (χ2v) is 4.13. The van der Waals surface area contributed by atoms with E-state index < -0.39 is 0 Å². The molecule has 3 rings (SSSR count). The normalized spacial score (nSPS) is 10.7. The van der Waals surface area contributed by atoms with Gasteiger partial charge in [0, 0.05) is 6.20 Å². The largest absolute Gasteiger partial charge is 0.329 e. The van der Waals surface area contributed by atoms with Crippen molar-refractivity contribution in [2.24, 2.45) is 0 Å². The summed E-state index contributed by atoms with van der Waals surface area (Å²) in [5.41, 5.74) is 1.95. The number of anilines is 2. The van der Waals surface area contributed by atoms with Crippen LogP contribution in [0.25, 0.3) is 10.2 Å². The van der Waals surface area contributed by atoms with Crippen molar-refractivity contribution >= 4 is 32.4 Å². The molecule has 0 atom stereocenters. The van der Waals surface area contributed by atoms with E-state index in [2.05, 4.69) is 26.6 Å². The molecule has 0 radical (unpaired) electrons. The molecule has 0 amide bonds. The van der Waals surface area contributed by atoms with E-state index in [0.717, 1.165) is 16.3 Å². The first-order valence-corrected chi connectivity index (χ1v) is 5.35. The lowest BCUT2D eigenvalue weighted by Gasteiger charge is -1.94. The molecule has 5 heteroatoms. The van der Waals surface area contributed by atoms with Crippen LogP contribution in [-0.4, -0.2) is 15.2 Å². The molecule has 0 saturated heterocycles. The van der Waals surface area contributed by atoms with Gasteiger partial charge in [0.1, 0.15) is 0 Å². The summed E-state index contributed by atoms with van der Waals surface area (Å²) in [7, 11) is 0. The maximum Gasteiger partial charge on any atom is 0.188 e. The highest BCUT2D eigenvalue weighted by atomic mass is 32.1. The molecule has 0 saturated carbocycles. The molecule has 0 spiro atoms. The van der Waals surface area contributed by atoms with Gasteiger partial charge in [0.15, 0.2) is 5.13 Å². The first-order chi connectivity index (χ1) is 7.42. The number of nitrogens with zero attached hydrogens (tertiary/aromatic N) is 2. The van der Waals surface area contributed by atoms with E-state index in [1.807, 2.05) is 18.2 Å². The Morgan fingerprint density at radius 3 is 3.00 bits per heavy atom. The van der Waals surface area contributed by atoms with Crippen LogP contribution in [-0.2, 0) is 0 Å². The fraction of sp³-hybridized carbons (Fsp3) is 0. The number of aromatic nitrogens is 3. The number of hydrogen-bond acceptors (Lipinski definition) is 4. The highest BCUT2D eigenvalue weighted by Gasteiger charge is 2.02. The van der Waals surface area contributed by atoms with Gasteiger partial charge in [0.25, 0.3) is 0 Å². The van der Waals surface area contributed by atoms with Gasteiger partial charge in [-0.3, -0.25) is 5.10 Å². The maximum absolute atomic E-state index is 4.45. The van der Waals surface area contributed by atoms with Gasteiger partial charge in [-0.05, 0) is 12.1 Å². The molecule has 3 aromatic rings. The molecule has 0 fully saturated rings. The van der Waals surface area contributed by atoms with Crippen molar-refractivity contribution < 1.29 is 0 Å². The lowest BCUT2D eigenvalue weighted by Crippen LogP contribution is -1.85. The molecule has 1 aromatic carbocycles. The summed E-state index contributed by atoms with van der Waals surface area (Å²) in [6, 6.07) is 8.08. The van der Waals surface area contributed by atoms with E-state index >= 15 is 0 Å². The zero-order chi connectivity index (χ0) is 10.1. The maximum atomic E-state index is 4.45. The molecule has 4 nitrogen and oxygen atoms in total. The number of H-pyrrole nitrogens is 1. The first-order valence-electron chi connectivity index (χ1n) is 4.53. The van der Waals surface area contributed by atoms with E-state index in [0.29, 0.717) is 0 Å². The van der Waals surface area contributed by atoms with Crippen LogP contribution in [0, 0.1) is 0 Å². The highest BCUT2D eigenvalue weighted by Crippen LogP contribution is 2.27. The van der Waals surface area contributed by atoms with Crippen LogP contribution in [0.15, 0.2) is 36.7 Å². The minimum absolute atomic E-state index is 0.887. The number of fused-ring (bicyclic) bond motifs is 1. The lowest BCUT2D eigenvalue weighted by molar-refractivity contribution is 1.09. The molecule has 74 valence electrons. The second-order valence-electron chi connectivity index (χ2n) is 3.10. The van der Waals surface area contributed by atoms with Crippen LogP contribution in [0.1, 0.15) is 0 Å². The molecule has 0 aliphatic carbocycles. The van der Waals surface area contributed by atoms with Crippen LogP contribution in [0.4, 0.5) is 10.8 Å². The number of benzene rings is 1. The van der Waals surface area contributed by atoms with Crippen molar-refractivity contribution in [3.05, 3.63) is 36.7 Å². The Hall–Kier alpha value is -1.88. The molecular weight excluding hydrogens is 208 g/mol. The van der Waals surface area contributed by atoms with E-state index in [9.17, 15) is 0 Å². The van der Waals surface area contributed by atoms with Crippen molar-refractivity contribution in [3.8, 4) is 0 Å². The van der Waals surface area contributed by atoms with Crippen molar-refractivity contribution in [1.29, 1.82) is 0 Å². The predicted octanol–water partition coefficient (Wildman–Crippen LogP) is 2.76. The Balaban J connectivity index is 1.98. The fourth-order valence-corrected chi connectivity index (χ4v) is 2.25. The molecule has 0 bridgehead atoms. The molecular formula is C10H8N4S. The van der Waals surface area contributed by atoms with Crippen molar-refractivity contribution in [2.75, 3.05) is 5.32 Å². The van der Waals surface area contributed by atoms with Gasteiger partial charge in [-0.1, -0.05) is 23.5 Å². The number of aromatic amines is 1. The average molecular weight is 216 g/mol. The van der Waals surface area contributed by atoms with Crippen molar-refractivity contribution in [1.82, 2.24) is 15.2 Å². The third kappa shape index (κ3) is 1.57. The van der Waals surface area contributed by atoms with Gasteiger partial charge in [0.05, 0.1) is 22.1 Å². The quantitative estimate of drug-likeness (QED) is 0.692. The summed E-state index contributed by atoms with van der Waals surface area (Å²) < 4.78 is 1.18.